The molecule has 1 aliphatic carbocycles. The summed E-state index contributed by atoms with van der Waals surface area (Å²) < 4.78 is 0.225. The summed E-state index contributed by atoms with van der Waals surface area (Å²) in [4.78, 5) is 25.2. The number of benzene rings is 2. The lowest BCUT2D eigenvalue weighted by Gasteiger charge is -2.29. The molecule has 1 aliphatic rings. The Bertz CT molecular complexity index is 1110. The van der Waals surface area contributed by atoms with E-state index < -0.39 is 12.0 Å². The van der Waals surface area contributed by atoms with Crippen molar-refractivity contribution in [2.75, 3.05) is 17.8 Å². The fraction of sp³-hybridized carbons (Fsp3) is 0.576. The lowest BCUT2D eigenvalue weighted by Crippen LogP contribution is -2.41. The van der Waals surface area contributed by atoms with Gasteiger partial charge in [-0.2, -0.15) is 23.5 Å². The highest BCUT2D eigenvalue weighted by atomic mass is 32.2. The second-order valence-corrected chi connectivity index (χ2v) is 14.9. The summed E-state index contributed by atoms with van der Waals surface area (Å²) in [6.07, 6.45) is 10.3. The number of carboxylic acid groups (broad SMARTS) is 1. The van der Waals surface area contributed by atoms with Crippen LogP contribution in [0.2, 0.25) is 0 Å². The predicted octanol–water partition coefficient (Wildman–Crippen LogP) is 7.56. The molecular formula is C33H48N2O3S2. The van der Waals surface area contributed by atoms with E-state index in [1.165, 1.54) is 38.5 Å². The summed E-state index contributed by atoms with van der Waals surface area (Å²) >= 11 is 3.60. The smallest absolute Gasteiger partial charge is 0.326 e. The molecule has 1 amide bonds. The second kappa shape index (κ2) is 15.9. The minimum atomic E-state index is -1.00. The summed E-state index contributed by atoms with van der Waals surface area (Å²) in [6, 6.07) is 13.6. The number of aryl methyl sites for hydroxylation is 1. The monoisotopic (exact) mass is 584 g/mol. The van der Waals surface area contributed by atoms with Crippen LogP contribution in [-0.4, -0.2) is 51.6 Å². The van der Waals surface area contributed by atoms with Crippen LogP contribution in [0.3, 0.4) is 0 Å². The van der Waals surface area contributed by atoms with Crippen LogP contribution >= 0.6 is 23.5 Å². The fourth-order valence-electron chi connectivity index (χ4n) is 5.37. The standard InChI is InChI=1S/C33H48N2O3S2/c1-23-11-9-10-14-27(23)29-20-25(15-16-28(29)31(36)35-30(32(37)38)17-18-39-5)21-34-26(22-40-33(2,3)4)19-24-12-7-6-8-13-24/h9-11,14-16,20,24,26,30,34H,6-8,12-13,17-19,21-22H2,1-5H3,(H,35,36)(H,37,38)/t26?,30-/m0/s1. The molecule has 7 heteroatoms. The molecule has 3 rings (SSSR count). The van der Waals surface area contributed by atoms with Crippen LogP contribution in [0.15, 0.2) is 42.5 Å². The van der Waals surface area contributed by atoms with E-state index in [9.17, 15) is 14.7 Å². The number of thioether (sulfide) groups is 2. The van der Waals surface area contributed by atoms with E-state index in [0.717, 1.165) is 40.5 Å². The van der Waals surface area contributed by atoms with Gasteiger partial charge in [-0.25, -0.2) is 4.79 Å². The summed E-state index contributed by atoms with van der Waals surface area (Å²) in [5.74, 6) is 1.20. The third kappa shape index (κ3) is 10.5. The third-order valence-corrected chi connectivity index (χ3v) is 9.71. The minimum Gasteiger partial charge on any atom is -0.480 e. The van der Waals surface area contributed by atoms with Crippen molar-refractivity contribution in [3.05, 3.63) is 59.2 Å². The Morgan fingerprint density at radius 3 is 2.42 bits per heavy atom. The zero-order chi connectivity index (χ0) is 29.1. The van der Waals surface area contributed by atoms with Gasteiger partial charge in [0.25, 0.3) is 5.91 Å². The highest BCUT2D eigenvalue weighted by molar-refractivity contribution is 8.00. The molecule has 1 unspecified atom stereocenters. The lowest BCUT2D eigenvalue weighted by molar-refractivity contribution is -0.139. The van der Waals surface area contributed by atoms with Crippen molar-refractivity contribution in [3.8, 4) is 11.1 Å². The topological polar surface area (TPSA) is 78.4 Å². The van der Waals surface area contributed by atoms with Crippen LogP contribution in [0.1, 0.15) is 87.2 Å². The SMILES string of the molecule is CSCC[C@H](NC(=O)c1ccc(CNC(CSC(C)(C)C)CC2CCCCC2)cc1-c1ccccc1C)C(=O)O. The number of carbonyl (C=O) groups excluding carboxylic acids is 1. The highest BCUT2D eigenvalue weighted by Crippen LogP contribution is 2.32. The first-order chi connectivity index (χ1) is 19.1. The molecule has 0 radical (unpaired) electrons. The molecule has 2 aromatic rings. The van der Waals surface area contributed by atoms with Gasteiger partial charge in [-0.05, 0) is 72.1 Å². The van der Waals surface area contributed by atoms with E-state index in [1.54, 1.807) is 11.8 Å². The van der Waals surface area contributed by atoms with Gasteiger partial charge in [0.2, 0.25) is 0 Å². The largest absolute Gasteiger partial charge is 0.480 e. The molecule has 0 aromatic heterocycles. The molecule has 220 valence electrons. The molecule has 2 aromatic carbocycles. The molecule has 1 fully saturated rings. The van der Waals surface area contributed by atoms with Gasteiger partial charge in [0.05, 0.1) is 0 Å². The molecular weight excluding hydrogens is 537 g/mol. The van der Waals surface area contributed by atoms with E-state index >= 15 is 0 Å². The minimum absolute atomic E-state index is 0.225. The molecule has 5 nitrogen and oxygen atoms in total. The molecule has 3 N–H and O–H groups in total. The lowest BCUT2D eigenvalue weighted by atomic mass is 9.85. The van der Waals surface area contributed by atoms with E-state index in [1.807, 2.05) is 61.3 Å². The maximum Gasteiger partial charge on any atom is 0.326 e. The van der Waals surface area contributed by atoms with Crippen LogP contribution in [0.25, 0.3) is 11.1 Å². The van der Waals surface area contributed by atoms with Gasteiger partial charge in [-0.3, -0.25) is 4.79 Å². The highest BCUT2D eigenvalue weighted by Gasteiger charge is 2.24. The van der Waals surface area contributed by atoms with Gasteiger partial charge in [-0.15, -0.1) is 0 Å². The Labute approximate surface area is 250 Å². The maximum atomic E-state index is 13.4. The van der Waals surface area contributed by atoms with Crippen molar-refractivity contribution in [2.45, 2.75) is 96.0 Å². The van der Waals surface area contributed by atoms with Crippen molar-refractivity contribution in [1.29, 1.82) is 0 Å². The van der Waals surface area contributed by atoms with Crippen LogP contribution in [-0.2, 0) is 11.3 Å². The number of carbonyl (C=O) groups is 2. The number of aliphatic carboxylic acids is 1. The molecule has 0 bridgehead atoms. The zero-order valence-corrected chi connectivity index (χ0v) is 26.6. The van der Waals surface area contributed by atoms with Crippen molar-refractivity contribution in [1.82, 2.24) is 10.6 Å². The number of amides is 1. The normalized spacial score (nSPS) is 15.9. The van der Waals surface area contributed by atoms with E-state index in [4.69, 9.17) is 0 Å². The Balaban J connectivity index is 1.83. The van der Waals surface area contributed by atoms with Crippen molar-refractivity contribution < 1.29 is 14.7 Å². The van der Waals surface area contributed by atoms with Gasteiger partial charge >= 0.3 is 5.97 Å². The molecule has 0 heterocycles. The Kier molecular flexibility index (Phi) is 12.9. The first-order valence-corrected chi connectivity index (χ1v) is 17.0. The van der Waals surface area contributed by atoms with Gasteiger partial charge in [-0.1, -0.05) is 83.2 Å². The first kappa shape index (κ1) is 32.6. The van der Waals surface area contributed by atoms with E-state index in [-0.39, 0.29) is 10.7 Å². The molecule has 40 heavy (non-hydrogen) atoms. The first-order valence-electron chi connectivity index (χ1n) is 14.7. The van der Waals surface area contributed by atoms with Gasteiger partial charge < -0.3 is 15.7 Å². The van der Waals surface area contributed by atoms with Crippen molar-refractivity contribution in [3.63, 3.8) is 0 Å². The second-order valence-electron chi connectivity index (χ2n) is 12.1. The zero-order valence-electron chi connectivity index (χ0n) is 24.9. The number of nitrogens with one attached hydrogen (secondary N) is 2. The number of carboxylic acids is 1. The summed E-state index contributed by atoms with van der Waals surface area (Å²) in [5, 5.41) is 16.3. The molecule has 2 atom stereocenters. The third-order valence-electron chi connectivity index (χ3n) is 7.63. The van der Waals surface area contributed by atoms with Crippen molar-refractivity contribution >= 4 is 35.4 Å². The average Bonchev–Trinajstić information content (AvgIpc) is 2.92. The summed E-state index contributed by atoms with van der Waals surface area (Å²) in [6.45, 7) is 9.62. The van der Waals surface area contributed by atoms with Crippen molar-refractivity contribution in [2.24, 2.45) is 5.92 Å². The van der Waals surface area contributed by atoms with Crippen LogP contribution < -0.4 is 10.6 Å². The summed E-state index contributed by atoms with van der Waals surface area (Å²) in [5.41, 5.74) is 4.55. The Morgan fingerprint density at radius 2 is 1.77 bits per heavy atom. The van der Waals surface area contributed by atoms with Gasteiger partial charge in [0, 0.05) is 28.6 Å². The van der Waals surface area contributed by atoms with Crippen LogP contribution in [0.5, 0.6) is 0 Å². The van der Waals surface area contributed by atoms with Gasteiger partial charge in [0.15, 0.2) is 0 Å². The average molecular weight is 585 g/mol. The Hall–Kier alpha value is -1.96. The fourth-order valence-corrected chi connectivity index (χ4v) is 6.80. The summed E-state index contributed by atoms with van der Waals surface area (Å²) in [7, 11) is 0. The molecule has 0 spiro atoms. The van der Waals surface area contributed by atoms with Gasteiger partial charge in [0.1, 0.15) is 6.04 Å². The number of rotatable bonds is 14. The quantitative estimate of drug-likeness (QED) is 0.213. The molecule has 0 aliphatic heterocycles. The molecule has 0 saturated heterocycles. The predicted molar refractivity (Wildman–Crippen MR) is 173 cm³/mol. The van der Waals surface area contributed by atoms with E-state index in [0.29, 0.717) is 23.8 Å². The number of hydrogen-bond acceptors (Lipinski definition) is 5. The van der Waals surface area contributed by atoms with Crippen LogP contribution in [0, 0.1) is 12.8 Å². The Morgan fingerprint density at radius 1 is 1.05 bits per heavy atom. The maximum absolute atomic E-state index is 13.4. The number of hydrogen-bond donors (Lipinski definition) is 3. The molecule has 1 saturated carbocycles. The van der Waals surface area contributed by atoms with Crippen LogP contribution in [0.4, 0.5) is 0 Å². The van der Waals surface area contributed by atoms with E-state index in [2.05, 4.69) is 37.5 Å².